The van der Waals surface area contributed by atoms with E-state index in [9.17, 15) is 18.5 Å². The number of rotatable bonds is 5. The maximum atomic E-state index is 12.4. The molecule has 0 atom stereocenters. The van der Waals surface area contributed by atoms with Gasteiger partial charge in [0.25, 0.3) is 5.91 Å². The second kappa shape index (κ2) is 8.55. The summed E-state index contributed by atoms with van der Waals surface area (Å²) in [5, 5.41) is 20.0. The number of benzene rings is 2. The Morgan fingerprint density at radius 2 is 1.83 bits per heavy atom. The lowest BCUT2D eigenvalue weighted by Gasteiger charge is -2.05. The average molecular weight is 445 g/mol. The van der Waals surface area contributed by atoms with Crippen molar-refractivity contribution < 1.29 is 13.2 Å². The standard InChI is InChI=1S/C19H13ClN4O3S2/c20-14-3-1-12(2-4-14)19-24-16(11-28-19)9-13(10-21)18(25)23-15-5-7-17(8-6-15)29(22,26)27/h1-9,11H,(H,23,25)(H2,22,26,27). The van der Waals surface area contributed by atoms with E-state index in [-0.39, 0.29) is 10.5 Å². The van der Waals surface area contributed by atoms with Crippen LogP contribution in [0.4, 0.5) is 5.69 Å². The molecular weight excluding hydrogens is 432 g/mol. The number of carbonyl (C=O) groups is 1. The summed E-state index contributed by atoms with van der Waals surface area (Å²) in [4.78, 5) is 16.7. The Hall–Kier alpha value is -3.03. The van der Waals surface area contributed by atoms with Gasteiger partial charge in [0.05, 0.1) is 10.6 Å². The fourth-order valence-electron chi connectivity index (χ4n) is 2.30. The number of hydrogen-bond acceptors (Lipinski definition) is 6. The van der Waals surface area contributed by atoms with Crippen LogP contribution in [0.5, 0.6) is 0 Å². The van der Waals surface area contributed by atoms with Gasteiger partial charge in [-0.1, -0.05) is 23.7 Å². The number of sulfonamides is 1. The zero-order valence-corrected chi connectivity index (χ0v) is 17.1. The molecule has 3 aromatic rings. The number of hydrogen-bond donors (Lipinski definition) is 2. The number of nitriles is 1. The van der Waals surface area contributed by atoms with Gasteiger partial charge >= 0.3 is 0 Å². The highest BCUT2D eigenvalue weighted by Crippen LogP contribution is 2.26. The Morgan fingerprint density at radius 1 is 1.17 bits per heavy atom. The van der Waals surface area contributed by atoms with Gasteiger partial charge in [0.15, 0.2) is 0 Å². The van der Waals surface area contributed by atoms with Crippen LogP contribution in [-0.4, -0.2) is 19.3 Å². The van der Waals surface area contributed by atoms with Crippen LogP contribution in [0.15, 0.2) is 64.4 Å². The Morgan fingerprint density at radius 3 is 2.41 bits per heavy atom. The summed E-state index contributed by atoms with van der Waals surface area (Å²) in [6.07, 6.45) is 1.38. The van der Waals surface area contributed by atoms with Gasteiger partial charge in [-0.05, 0) is 42.5 Å². The second-order valence-corrected chi connectivity index (χ2v) is 8.63. The number of nitrogens with zero attached hydrogens (tertiary/aromatic N) is 2. The molecule has 0 saturated heterocycles. The Balaban J connectivity index is 1.77. The third-order valence-corrected chi connectivity index (χ3v) is 5.80. The molecule has 1 heterocycles. The molecule has 29 heavy (non-hydrogen) atoms. The molecule has 3 rings (SSSR count). The van der Waals surface area contributed by atoms with Crippen molar-refractivity contribution in [1.29, 1.82) is 5.26 Å². The van der Waals surface area contributed by atoms with Crippen LogP contribution in [0.2, 0.25) is 5.02 Å². The fraction of sp³-hybridized carbons (Fsp3) is 0. The zero-order valence-electron chi connectivity index (χ0n) is 14.7. The van der Waals surface area contributed by atoms with Crippen LogP contribution < -0.4 is 10.5 Å². The third kappa shape index (κ3) is 5.28. The molecule has 0 radical (unpaired) electrons. The summed E-state index contributed by atoms with van der Waals surface area (Å²) < 4.78 is 22.5. The van der Waals surface area contributed by atoms with Crippen LogP contribution in [0.1, 0.15) is 5.69 Å². The number of thiazole rings is 1. The molecule has 1 amide bonds. The van der Waals surface area contributed by atoms with E-state index in [1.807, 2.05) is 18.2 Å². The molecule has 0 spiro atoms. The molecule has 1 aromatic heterocycles. The lowest BCUT2D eigenvalue weighted by molar-refractivity contribution is -0.112. The first kappa shape index (κ1) is 20.7. The van der Waals surface area contributed by atoms with Gasteiger partial charge in [0.2, 0.25) is 10.0 Å². The zero-order chi connectivity index (χ0) is 21.0. The molecule has 2 aromatic carbocycles. The maximum absolute atomic E-state index is 12.4. The van der Waals surface area contributed by atoms with E-state index in [4.69, 9.17) is 16.7 Å². The number of aromatic nitrogens is 1. The Labute approximate surface area is 176 Å². The quantitative estimate of drug-likeness (QED) is 0.458. The minimum absolute atomic E-state index is 0.0799. The normalized spacial score (nSPS) is 11.7. The van der Waals surface area contributed by atoms with Crippen molar-refractivity contribution in [2.24, 2.45) is 5.14 Å². The minimum Gasteiger partial charge on any atom is -0.321 e. The maximum Gasteiger partial charge on any atom is 0.266 e. The van der Waals surface area contributed by atoms with Crippen molar-refractivity contribution in [2.45, 2.75) is 4.90 Å². The van der Waals surface area contributed by atoms with E-state index < -0.39 is 15.9 Å². The molecule has 0 fully saturated rings. The van der Waals surface area contributed by atoms with E-state index >= 15 is 0 Å². The fourth-order valence-corrected chi connectivity index (χ4v) is 3.73. The first-order valence-electron chi connectivity index (χ1n) is 8.04. The highest BCUT2D eigenvalue weighted by atomic mass is 35.5. The third-order valence-electron chi connectivity index (χ3n) is 3.71. The Kier molecular flexibility index (Phi) is 6.10. The number of primary sulfonamides is 1. The van der Waals surface area contributed by atoms with Crippen LogP contribution in [0, 0.1) is 11.3 Å². The van der Waals surface area contributed by atoms with E-state index in [0.717, 1.165) is 10.6 Å². The molecule has 0 aliphatic heterocycles. The summed E-state index contributed by atoms with van der Waals surface area (Å²) in [6, 6.07) is 14.3. The number of nitrogens with one attached hydrogen (secondary N) is 1. The van der Waals surface area contributed by atoms with E-state index in [1.165, 1.54) is 41.7 Å². The van der Waals surface area contributed by atoms with E-state index in [2.05, 4.69) is 10.3 Å². The van der Waals surface area contributed by atoms with Gasteiger partial charge in [-0.3, -0.25) is 4.79 Å². The highest BCUT2D eigenvalue weighted by molar-refractivity contribution is 7.89. The predicted molar refractivity (Wildman–Crippen MR) is 113 cm³/mol. The molecule has 146 valence electrons. The number of halogens is 1. The molecular formula is C19H13ClN4O3S2. The largest absolute Gasteiger partial charge is 0.321 e. The SMILES string of the molecule is N#CC(=Cc1csc(-c2ccc(Cl)cc2)n1)C(=O)Nc1ccc(S(N)(=O)=O)cc1. The van der Waals surface area contributed by atoms with Crippen LogP contribution in [-0.2, 0) is 14.8 Å². The molecule has 0 aliphatic rings. The highest BCUT2D eigenvalue weighted by Gasteiger charge is 2.13. The lowest BCUT2D eigenvalue weighted by atomic mass is 10.2. The Bertz CT molecular complexity index is 1230. The number of nitrogens with two attached hydrogens (primary N) is 1. The smallest absolute Gasteiger partial charge is 0.266 e. The van der Waals surface area contributed by atoms with Gasteiger partial charge in [-0.25, -0.2) is 18.5 Å². The molecule has 0 saturated carbocycles. The number of amides is 1. The molecule has 0 unspecified atom stereocenters. The van der Waals surface area contributed by atoms with Gasteiger partial charge < -0.3 is 5.32 Å². The van der Waals surface area contributed by atoms with Gasteiger partial charge in [-0.15, -0.1) is 11.3 Å². The minimum atomic E-state index is -3.82. The van der Waals surface area contributed by atoms with Crippen LogP contribution in [0.25, 0.3) is 16.6 Å². The summed E-state index contributed by atoms with van der Waals surface area (Å²) >= 11 is 7.25. The average Bonchev–Trinajstić information content (AvgIpc) is 3.15. The van der Waals surface area contributed by atoms with Gasteiger partial charge in [0.1, 0.15) is 16.6 Å². The molecule has 0 aliphatic carbocycles. The second-order valence-electron chi connectivity index (χ2n) is 5.78. The van der Waals surface area contributed by atoms with E-state index in [1.54, 1.807) is 17.5 Å². The molecule has 0 bridgehead atoms. The summed E-state index contributed by atoms with van der Waals surface area (Å²) in [5.41, 5.74) is 1.52. The first-order valence-corrected chi connectivity index (χ1v) is 10.8. The topological polar surface area (TPSA) is 126 Å². The molecule has 10 heteroatoms. The van der Waals surface area contributed by atoms with Gasteiger partial charge in [0, 0.05) is 21.7 Å². The number of anilines is 1. The van der Waals surface area contributed by atoms with Crippen molar-refractivity contribution in [3.63, 3.8) is 0 Å². The molecule has 7 nitrogen and oxygen atoms in total. The molecule has 3 N–H and O–H groups in total. The van der Waals surface area contributed by atoms with Crippen LogP contribution in [0.3, 0.4) is 0 Å². The monoisotopic (exact) mass is 444 g/mol. The van der Waals surface area contributed by atoms with E-state index in [0.29, 0.717) is 16.4 Å². The first-order chi connectivity index (χ1) is 13.8. The lowest BCUT2D eigenvalue weighted by Crippen LogP contribution is -2.14. The van der Waals surface area contributed by atoms with Crippen molar-refractivity contribution in [3.8, 4) is 16.6 Å². The summed E-state index contributed by atoms with van der Waals surface area (Å²) in [6.45, 7) is 0. The summed E-state index contributed by atoms with van der Waals surface area (Å²) in [7, 11) is -3.82. The van der Waals surface area contributed by atoms with Gasteiger partial charge in [-0.2, -0.15) is 5.26 Å². The van der Waals surface area contributed by atoms with Crippen LogP contribution >= 0.6 is 22.9 Å². The van der Waals surface area contributed by atoms with Crippen molar-refractivity contribution >= 4 is 50.6 Å². The van der Waals surface area contributed by atoms with Crippen molar-refractivity contribution in [2.75, 3.05) is 5.32 Å². The van der Waals surface area contributed by atoms with Crippen molar-refractivity contribution in [1.82, 2.24) is 4.98 Å². The number of carbonyl (C=O) groups excluding carboxylic acids is 1. The predicted octanol–water partition coefficient (Wildman–Crippen LogP) is 3.66. The van der Waals surface area contributed by atoms with Crippen molar-refractivity contribution in [3.05, 3.63) is 70.2 Å². The summed E-state index contributed by atoms with van der Waals surface area (Å²) in [5.74, 6) is -0.642.